The van der Waals surface area contributed by atoms with E-state index in [0.29, 0.717) is 11.8 Å². The lowest BCUT2D eigenvalue weighted by Gasteiger charge is -2.39. The van der Waals surface area contributed by atoms with Crippen molar-refractivity contribution in [1.29, 1.82) is 0 Å². The van der Waals surface area contributed by atoms with Crippen LogP contribution in [0, 0.1) is 18.6 Å². The predicted octanol–water partition coefficient (Wildman–Crippen LogP) is 8.71. The molecule has 6 rings (SSSR count). The van der Waals surface area contributed by atoms with Crippen LogP contribution in [-0.2, 0) is 34.6 Å². The summed E-state index contributed by atoms with van der Waals surface area (Å²) < 4.78 is 221. The Balaban J connectivity index is 1.54. The normalized spacial score (nSPS) is 19.0. The molecule has 0 bridgehead atoms. The molecular formula is C41H40F5N3O3S. The Labute approximate surface area is 333 Å². The first-order chi connectivity index (χ1) is 32.4. The number of nitrogens with zero attached hydrogens (tertiary/aromatic N) is 3. The first kappa shape index (κ1) is 22.0. The molecule has 4 aromatic carbocycles. The molecule has 0 unspecified atom stereocenters. The molecule has 0 aliphatic carbocycles. The van der Waals surface area contributed by atoms with Crippen LogP contribution < -0.4 is 5.43 Å². The van der Waals surface area contributed by atoms with Gasteiger partial charge in [0.25, 0.3) is 0 Å². The van der Waals surface area contributed by atoms with Gasteiger partial charge in [-0.1, -0.05) is 59.9 Å². The summed E-state index contributed by atoms with van der Waals surface area (Å²) in [5.41, 5.74) is -6.91. The second-order valence-corrected chi connectivity index (χ2v) is 12.8. The van der Waals surface area contributed by atoms with E-state index in [-0.39, 0.29) is 38.0 Å². The van der Waals surface area contributed by atoms with Gasteiger partial charge in [0.1, 0.15) is 6.54 Å². The molecule has 278 valence electrons. The number of methoxy groups -OCH3 is 1. The van der Waals surface area contributed by atoms with Crippen molar-refractivity contribution < 1.29 is 54.8 Å². The molecule has 1 aromatic heterocycles. The maximum absolute atomic E-state index is 15.3. The summed E-state index contributed by atoms with van der Waals surface area (Å²) in [6, 6.07) is -16.4. The van der Waals surface area contributed by atoms with E-state index in [4.69, 9.17) is 28.0 Å². The van der Waals surface area contributed by atoms with E-state index in [9.17, 15) is 22.4 Å². The Morgan fingerprint density at radius 1 is 0.981 bits per heavy atom. The molecular weight excluding hydrogens is 710 g/mol. The third kappa shape index (κ3) is 9.17. The number of halogens is 5. The molecule has 1 aliphatic rings. The van der Waals surface area contributed by atoms with E-state index < -0.39 is 195 Å². The van der Waals surface area contributed by atoms with Crippen LogP contribution in [0.4, 0.5) is 22.0 Å². The van der Waals surface area contributed by atoms with Gasteiger partial charge >= 0.3 is 6.18 Å². The lowest BCUT2D eigenvalue weighted by atomic mass is 10.00. The van der Waals surface area contributed by atoms with Crippen LogP contribution in [0.5, 0.6) is 0 Å². The quantitative estimate of drug-likeness (QED) is 0.0940. The summed E-state index contributed by atoms with van der Waals surface area (Å²) in [6.07, 6.45) is -5.25. The number of likely N-dealkylation sites (tertiary alicyclic amines) is 1. The fraction of sp³-hybridized carbons (Fsp3) is 0.317. The van der Waals surface area contributed by atoms with Crippen LogP contribution in [0.25, 0.3) is 22.0 Å². The minimum Gasteiger partial charge on any atom is -0.383 e. The summed E-state index contributed by atoms with van der Waals surface area (Å²) in [5, 5.41) is -1.10. The van der Waals surface area contributed by atoms with E-state index in [1.807, 2.05) is 0 Å². The highest BCUT2D eigenvalue weighted by Crippen LogP contribution is 2.32. The molecule has 12 heteroatoms. The highest BCUT2D eigenvalue weighted by Gasteiger charge is 2.31. The van der Waals surface area contributed by atoms with Crippen LogP contribution in [0.3, 0.4) is 0 Å². The van der Waals surface area contributed by atoms with Crippen LogP contribution in [-0.4, -0.2) is 59.6 Å². The van der Waals surface area contributed by atoms with Crippen LogP contribution in [0.2, 0.25) is 0 Å². The average molecular weight is 767 g/mol. The molecule has 0 atom stereocenters. The number of aromatic nitrogens is 1. The van der Waals surface area contributed by atoms with Crippen molar-refractivity contribution in [2.24, 2.45) is 0 Å². The zero-order valence-corrected chi connectivity index (χ0v) is 28.9. The number of thioether (sulfide) groups is 1. The summed E-state index contributed by atoms with van der Waals surface area (Å²) in [5.74, 6) is -5.25. The highest BCUT2D eigenvalue weighted by atomic mass is 32.2. The van der Waals surface area contributed by atoms with Gasteiger partial charge < -0.3 is 19.1 Å². The second-order valence-electron chi connectivity index (χ2n) is 11.8. The zero-order chi connectivity index (χ0) is 52.5. The number of pyridine rings is 1. The van der Waals surface area contributed by atoms with E-state index in [2.05, 4.69) is 0 Å². The van der Waals surface area contributed by atoms with Gasteiger partial charge in [0.2, 0.25) is 5.91 Å². The third-order valence-electron chi connectivity index (χ3n) is 8.28. The Morgan fingerprint density at radius 2 is 1.66 bits per heavy atom. The molecule has 0 N–H and O–H groups in total. The van der Waals surface area contributed by atoms with Crippen molar-refractivity contribution in [3.05, 3.63) is 135 Å². The molecule has 1 aliphatic heterocycles. The second kappa shape index (κ2) is 16.7. The Kier molecular flexibility index (Phi) is 6.91. The van der Waals surface area contributed by atoms with E-state index in [1.54, 1.807) is 4.90 Å². The van der Waals surface area contributed by atoms with Crippen LogP contribution in [0.1, 0.15) is 58.4 Å². The molecule has 6 nitrogen and oxygen atoms in total. The molecule has 0 spiro atoms. The fourth-order valence-corrected chi connectivity index (χ4v) is 6.54. The van der Waals surface area contributed by atoms with Gasteiger partial charge in [-0.3, -0.25) is 9.59 Å². The minimum atomic E-state index is -5.35. The lowest BCUT2D eigenvalue weighted by Crippen LogP contribution is -2.48. The Bertz CT molecular complexity index is 2970. The van der Waals surface area contributed by atoms with Gasteiger partial charge in [0.05, 0.1) is 46.0 Å². The molecule has 53 heavy (non-hydrogen) atoms. The monoisotopic (exact) mass is 766 g/mol. The number of amides is 1. The molecule has 1 fully saturated rings. The number of alkyl halides is 3. The topological polar surface area (TPSA) is 54.8 Å². The Hall–Kier alpha value is -4.52. The number of carbonyl (C=O) groups excluding carboxylic acids is 1. The number of fused-ring (bicyclic) bond motifs is 1. The summed E-state index contributed by atoms with van der Waals surface area (Å²) >= 11 is 0.392. The number of ether oxygens (including phenoxy) is 1. The highest BCUT2D eigenvalue weighted by molar-refractivity contribution is 7.98. The SMILES string of the molecule is [2H]c1c([2H])c(F)c(F)c(CSc2c([2H])c(=O)c3c([2H])c(C)c([2H])c([2H])c3n2CC(=O)N(Cc2c([2H])c([2H])c(-c3c([2H])c([2H])c(C(F)(F)F)c([2H])c3[2H])c([2H])c2[2H])C2CCN(CC([2H])([2H])OC)CC2)c1[2H]. The van der Waals surface area contributed by atoms with Crippen molar-refractivity contribution in [2.45, 2.75) is 55.9 Å². The van der Waals surface area contributed by atoms with Crippen molar-refractivity contribution in [1.82, 2.24) is 14.4 Å². The number of carbonyl (C=O) groups is 1. The van der Waals surface area contributed by atoms with Crippen molar-refractivity contribution in [3.8, 4) is 11.1 Å². The maximum Gasteiger partial charge on any atom is 0.416 e. The van der Waals surface area contributed by atoms with Crippen LogP contribution >= 0.6 is 11.8 Å². The van der Waals surface area contributed by atoms with E-state index in [1.165, 1.54) is 6.92 Å². The zero-order valence-electron chi connectivity index (χ0n) is 45.1. The van der Waals surface area contributed by atoms with Crippen molar-refractivity contribution in [3.63, 3.8) is 0 Å². The third-order valence-corrected chi connectivity index (χ3v) is 9.31. The summed E-state index contributed by atoms with van der Waals surface area (Å²) in [6.45, 7) is -2.63. The first-order valence-electron chi connectivity index (χ1n) is 24.4. The number of hydrogen-bond acceptors (Lipinski definition) is 5. The molecule has 5 aromatic rings. The maximum atomic E-state index is 15.3. The first-order valence-corrected chi connectivity index (χ1v) is 16.9. The fourth-order valence-electron chi connectivity index (χ4n) is 5.58. The molecule has 1 amide bonds. The smallest absolute Gasteiger partial charge is 0.383 e. The van der Waals surface area contributed by atoms with Crippen molar-refractivity contribution in [2.75, 3.05) is 33.3 Å². The van der Waals surface area contributed by atoms with Crippen molar-refractivity contribution >= 4 is 28.6 Å². The number of piperidine rings is 1. The molecule has 1 saturated heterocycles. The minimum absolute atomic E-state index is 0.0473. The molecule has 0 saturated carbocycles. The number of rotatable bonds is 12. The Morgan fingerprint density at radius 3 is 2.32 bits per heavy atom. The van der Waals surface area contributed by atoms with Gasteiger partial charge in [-0.05, 0) is 66.7 Å². The average Bonchev–Trinajstić information content (AvgIpc) is 3.30. The molecule has 0 radical (unpaired) electrons. The summed E-state index contributed by atoms with van der Waals surface area (Å²) in [4.78, 5) is 31.7. The van der Waals surface area contributed by atoms with Gasteiger partial charge in [-0.15, -0.1) is 11.8 Å². The summed E-state index contributed by atoms with van der Waals surface area (Å²) in [7, 11) is 1.16. The molecule has 2 heterocycles. The number of benzene rings is 4. The van der Waals surface area contributed by atoms with Gasteiger partial charge in [-0.2, -0.15) is 13.2 Å². The standard InChI is InChI=1S/C41H40F5N3O3S/c1-27-6-15-36-34(22-27)37(50)23-39(53-26-31-4-3-5-35(42)40(31)43)49(36)25-38(51)48(33-16-18-47(19-17-33)20-21-52-2)24-28-7-9-29(10-8-28)30-11-13-32(14-12-30)41(44,45)46/h3-15,22-23,33H,16-21,24-26H2,1-2H3/i3D,4D,5D,6D,7D,8D,9D,10D,11D,12D,13D,14D,15D,21D2,22D,23D. The lowest BCUT2D eigenvalue weighted by molar-refractivity contribution is -0.137. The van der Waals surface area contributed by atoms with Gasteiger partial charge in [-0.25, -0.2) is 8.78 Å². The van der Waals surface area contributed by atoms with E-state index in [0.717, 1.165) is 16.6 Å². The number of hydrogen-bond donors (Lipinski definition) is 0. The predicted molar refractivity (Wildman–Crippen MR) is 198 cm³/mol. The van der Waals surface area contributed by atoms with E-state index >= 15 is 9.18 Å². The largest absolute Gasteiger partial charge is 0.416 e. The van der Waals surface area contributed by atoms with Gasteiger partial charge in [0, 0.05) is 62.1 Å². The van der Waals surface area contributed by atoms with Gasteiger partial charge in [0.15, 0.2) is 17.1 Å². The van der Waals surface area contributed by atoms with Crippen LogP contribution in [0.15, 0.2) is 100 Å².